The van der Waals surface area contributed by atoms with Gasteiger partial charge in [-0.2, -0.15) is 15.4 Å². The number of nitrogens with zero attached hydrogens (tertiary/aromatic N) is 2. The number of aromatic nitrogens is 3. The molecule has 7 heteroatoms. The fraction of sp³-hybridized carbons (Fsp3) is 0.500. The molecular weight excluding hydrogens is 192 g/mol. The number of rotatable bonds is 4. The van der Waals surface area contributed by atoms with Crippen LogP contribution in [0.15, 0.2) is 6.20 Å². The van der Waals surface area contributed by atoms with E-state index in [4.69, 9.17) is 0 Å². The maximum absolute atomic E-state index is 11.2. The number of hydrogen-bond acceptors (Lipinski definition) is 4. The SMILES string of the molecule is CS(=O)CCNC(=O)c1cn[nH]n1. The third kappa shape index (κ3) is 3.32. The number of aromatic amines is 1. The summed E-state index contributed by atoms with van der Waals surface area (Å²) in [6.07, 6.45) is 2.92. The highest BCUT2D eigenvalue weighted by atomic mass is 32.2. The van der Waals surface area contributed by atoms with Crippen LogP contribution >= 0.6 is 0 Å². The molecule has 0 saturated carbocycles. The van der Waals surface area contributed by atoms with Gasteiger partial charge in [0.2, 0.25) is 0 Å². The molecule has 1 unspecified atom stereocenters. The summed E-state index contributed by atoms with van der Waals surface area (Å²) in [7, 11) is -0.887. The van der Waals surface area contributed by atoms with Crippen LogP contribution in [0.3, 0.4) is 0 Å². The van der Waals surface area contributed by atoms with E-state index in [-0.39, 0.29) is 11.6 Å². The van der Waals surface area contributed by atoms with Gasteiger partial charge in [0.1, 0.15) is 0 Å². The highest BCUT2D eigenvalue weighted by molar-refractivity contribution is 7.84. The summed E-state index contributed by atoms with van der Waals surface area (Å²) in [6, 6.07) is 0. The zero-order valence-electron chi connectivity index (χ0n) is 7.11. The Bertz CT molecular complexity index is 298. The van der Waals surface area contributed by atoms with Gasteiger partial charge in [0, 0.05) is 29.4 Å². The van der Waals surface area contributed by atoms with Crippen LogP contribution in [0.4, 0.5) is 0 Å². The maximum atomic E-state index is 11.2. The van der Waals surface area contributed by atoms with Gasteiger partial charge >= 0.3 is 0 Å². The lowest BCUT2D eigenvalue weighted by Crippen LogP contribution is -2.27. The average molecular weight is 202 g/mol. The number of hydrogen-bond donors (Lipinski definition) is 2. The minimum Gasteiger partial charge on any atom is -0.350 e. The van der Waals surface area contributed by atoms with E-state index in [9.17, 15) is 9.00 Å². The molecule has 0 fully saturated rings. The van der Waals surface area contributed by atoms with Crippen molar-refractivity contribution in [2.45, 2.75) is 0 Å². The summed E-state index contributed by atoms with van der Waals surface area (Å²) >= 11 is 0. The first-order valence-corrected chi connectivity index (χ1v) is 5.37. The third-order valence-corrected chi connectivity index (χ3v) is 2.10. The molecule has 0 spiro atoms. The minimum atomic E-state index is -0.887. The Hall–Kier alpha value is -1.24. The third-order valence-electron chi connectivity index (χ3n) is 1.32. The molecule has 0 saturated heterocycles. The van der Waals surface area contributed by atoms with Crippen LogP contribution in [0, 0.1) is 0 Å². The van der Waals surface area contributed by atoms with Gasteiger partial charge < -0.3 is 5.32 Å². The molecule has 6 nitrogen and oxygen atoms in total. The van der Waals surface area contributed by atoms with Crippen molar-refractivity contribution in [3.8, 4) is 0 Å². The highest BCUT2D eigenvalue weighted by Crippen LogP contribution is 1.86. The van der Waals surface area contributed by atoms with Crippen molar-refractivity contribution in [1.29, 1.82) is 0 Å². The number of carbonyl (C=O) groups is 1. The molecule has 1 amide bonds. The van der Waals surface area contributed by atoms with Gasteiger partial charge in [0.25, 0.3) is 5.91 Å². The van der Waals surface area contributed by atoms with E-state index in [1.165, 1.54) is 6.20 Å². The van der Waals surface area contributed by atoms with Gasteiger partial charge in [-0.25, -0.2) is 0 Å². The molecule has 0 aliphatic heterocycles. The molecule has 72 valence electrons. The summed E-state index contributed by atoms with van der Waals surface area (Å²) in [4.78, 5) is 11.2. The molecule has 1 rings (SSSR count). The fourth-order valence-corrected chi connectivity index (χ4v) is 1.10. The summed E-state index contributed by atoms with van der Waals surface area (Å²) in [5, 5.41) is 12.0. The minimum absolute atomic E-state index is 0.238. The molecule has 0 bridgehead atoms. The predicted molar refractivity (Wildman–Crippen MR) is 47.6 cm³/mol. The standard InChI is InChI=1S/C6H10N4O2S/c1-13(12)3-2-7-6(11)5-4-8-10-9-5/h4H,2-3H2,1H3,(H,7,11)(H,8,9,10). The van der Waals surface area contributed by atoms with Gasteiger partial charge in [0.15, 0.2) is 5.69 Å². The van der Waals surface area contributed by atoms with Crippen LogP contribution in [-0.2, 0) is 10.8 Å². The summed E-state index contributed by atoms with van der Waals surface area (Å²) in [5.41, 5.74) is 0.238. The van der Waals surface area contributed by atoms with E-state index in [1.807, 2.05) is 0 Å². The molecule has 2 N–H and O–H groups in total. The van der Waals surface area contributed by atoms with Crippen molar-refractivity contribution in [3.05, 3.63) is 11.9 Å². The molecule has 1 heterocycles. The largest absolute Gasteiger partial charge is 0.350 e. The number of carbonyl (C=O) groups excluding carboxylic acids is 1. The van der Waals surface area contributed by atoms with Crippen LogP contribution < -0.4 is 5.32 Å². The average Bonchev–Trinajstić information content (AvgIpc) is 2.55. The van der Waals surface area contributed by atoms with Crippen molar-refractivity contribution in [3.63, 3.8) is 0 Å². The first-order chi connectivity index (χ1) is 6.20. The van der Waals surface area contributed by atoms with Crippen LogP contribution in [-0.4, -0.2) is 44.1 Å². The van der Waals surface area contributed by atoms with E-state index in [0.717, 1.165) is 0 Å². The second kappa shape index (κ2) is 4.70. The predicted octanol–water partition coefficient (Wildman–Crippen LogP) is -1.09. The summed E-state index contributed by atoms with van der Waals surface area (Å²) < 4.78 is 10.6. The van der Waals surface area contributed by atoms with Crippen LogP contribution in [0.1, 0.15) is 10.5 Å². The van der Waals surface area contributed by atoms with Crippen molar-refractivity contribution >= 4 is 16.7 Å². The zero-order chi connectivity index (χ0) is 9.68. The first kappa shape index (κ1) is 9.85. The van der Waals surface area contributed by atoms with E-state index in [0.29, 0.717) is 12.3 Å². The topological polar surface area (TPSA) is 87.7 Å². The summed E-state index contributed by atoms with van der Waals surface area (Å²) in [6.45, 7) is 0.384. The molecule has 0 radical (unpaired) electrons. The number of nitrogens with one attached hydrogen (secondary N) is 2. The van der Waals surface area contributed by atoms with Crippen LogP contribution in [0.2, 0.25) is 0 Å². The molecule has 1 atom stereocenters. The normalized spacial score (nSPS) is 12.4. The van der Waals surface area contributed by atoms with Crippen molar-refractivity contribution < 1.29 is 9.00 Å². The second-order valence-corrected chi connectivity index (χ2v) is 3.94. The highest BCUT2D eigenvalue weighted by Gasteiger charge is 2.06. The van der Waals surface area contributed by atoms with Crippen molar-refractivity contribution in [1.82, 2.24) is 20.7 Å². The van der Waals surface area contributed by atoms with E-state index in [2.05, 4.69) is 20.7 Å². The number of H-pyrrole nitrogens is 1. The molecule has 13 heavy (non-hydrogen) atoms. The molecule has 0 aromatic carbocycles. The quantitative estimate of drug-likeness (QED) is 0.649. The Balaban J connectivity index is 2.31. The molecule has 0 aliphatic rings. The van der Waals surface area contributed by atoms with Gasteiger partial charge in [-0.1, -0.05) is 0 Å². The van der Waals surface area contributed by atoms with Crippen molar-refractivity contribution in [2.75, 3.05) is 18.6 Å². The monoisotopic (exact) mass is 202 g/mol. The van der Waals surface area contributed by atoms with Crippen LogP contribution in [0.5, 0.6) is 0 Å². The fourth-order valence-electron chi connectivity index (χ4n) is 0.710. The summed E-state index contributed by atoms with van der Waals surface area (Å²) in [5.74, 6) is 0.142. The Morgan fingerprint density at radius 3 is 3.08 bits per heavy atom. The van der Waals surface area contributed by atoms with Gasteiger partial charge in [-0.15, -0.1) is 0 Å². The lowest BCUT2D eigenvalue weighted by molar-refractivity contribution is 0.0951. The van der Waals surface area contributed by atoms with Gasteiger partial charge in [0.05, 0.1) is 6.20 Å². The Morgan fingerprint density at radius 1 is 1.77 bits per heavy atom. The number of amides is 1. The van der Waals surface area contributed by atoms with E-state index < -0.39 is 10.8 Å². The Kier molecular flexibility index (Phi) is 3.56. The molecule has 1 aromatic rings. The molecular formula is C6H10N4O2S. The van der Waals surface area contributed by atoms with E-state index in [1.54, 1.807) is 6.26 Å². The lowest BCUT2D eigenvalue weighted by atomic mass is 10.4. The second-order valence-electron chi connectivity index (χ2n) is 2.39. The van der Waals surface area contributed by atoms with Gasteiger partial charge in [-0.3, -0.25) is 9.00 Å². The Morgan fingerprint density at radius 2 is 2.54 bits per heavy atom. The first-order valence-electron chi connectivity index (χ1n) is 3.64. The molecule has 0 aliphatic carbocycles. The Labute approximate surface area is 77.6 Å². The maximum Gasteiger partial charge on any atom is 0.273 e. The van der Waals surface area contributed by atoms with Crippen molar-refractivity contribution in [2.24, 2.45) is 0 Å². The lowest BCUT2D eigenvalue weighted by Gasteiger charge is -1.99. The van der Waals surface area contributed by atoms with Gasteiger partial charge in [-0.05, 0) is 0 Å². The zero-order valence-corrected chi connectivity index (χ0v) is 7.93. The molecule has 1 aromatic heterocycles. The van der Waals surface area contributed by atoms with E-state index >= 15 is 0 Å². The smallest absolute Gasteiger partial charge is 0.273 e. The van der Waals surface area contributed by atoms with Crippen LogP contribution in [0.25, 0.3) is 0 Å².